The molecule has 284 valence electrons. The molecule has 4 aromatic carbocycles. The first-order chi connectivity index (χ1) is 27.0. The molecule has 11 nitrogen and oxygen atoms in total. The summed E-state index contributed by atoms with van der Waals surface area (Å²) < 4.78 is 11.2. The minimum Gasteiger partial charge on any atom is -0.399 e. The molecule has 0 amide bonds. The molecule has 0 bridgehead atoms. The van der Waals surface area contributed by atoms with E-state index in [4.69, 9.17) is 16.2 Å². The molecule has 4 heterocycles. The molecule has 4 aromatic heterocycles. The molecule has 5 N–H and O–H groups in total. The van der Waals surface area contributed by atoms with Crippen LogP contribution in [0.4, 0.5) is 11.4 Å². The van der Waals surface area contributed by atoms with E-state index in [-0.39, 0.29) is 11.1 Å². The van der Waals surface area contributed by atoms with Gasteiger partial charge in [0.2, 0.25) is 0 Å². The third kappa shape index (κ3) is 9.40. The van der Waals surface area contributed by atoms with Gasteiger partial charge in [0, 0.05) is 61.4 Å². The largest absolute Gasteiger partial charge is 0.399 e. The monoisotopic (exact) mass is 762 g/mol. The fourth-order valence-electron chi connectivity index (χ4n) is 6.43. The Bertz CT molecular complexity index is 2740. The van der Waals surface area contributed by atoms with Gasteiger partial charge >= 0.3 is 0 Å². The molecule has 0 aliphatic heterocycles. The van der Waals surface area contributed by atoms with E-state index in [2.05, 4.69) is 53.1 Å². The predicted octanol–water partition coefficient (Wildman–Crippen LogP) is 7.83. The van der Waals surface area contributed by atoms with E-state index in [0.717, 1.165) is 67.8 Å². The smallest absolute Gasteiger partial charge is 0.250 e. The van der Waals surface area contributed by atoms with Crippen molar-refractivity contribution in [3.8, 4) is 22.3 Å². The summed E-state index contributed by atoms with van der Waals surface area (Å²) in [7, 11) is -1.12. The van der Waals surface area contributed by atoms with Gasteiger partial charge in [-0.15, -0.1) is 0 Å². The summed E-state index contributed by atoms with van der Waals surface area (Å²) in [4.78, 5) is 24.6. The van der Waals surface area contributed by atoms with Crippen LogP contribution >= 0.6 is 0 Å². The molecule has 8 rings (SSSR count). The maximum Gasteiger partial charge on any atom is 0.250 e. The summed E-state index contributed by atoms with van der Waals surface area (Å²) >= 11 is 0. The number of hydrogen-bond donors (Lipinski definition) is 3. The zero-order chi connectivity index (χ0) is 39.2. The Kier molecular flexibility index (Phi) is 11.1. The number of aromatic amines is 1. The van der Waals surface area contributed by atoms with Crippen LogP contribution in [0, 0.1) is 0 Å². The van der Waals surface area contributed by atoms with E-state index >= 15 is 0 Å². The molecule has 12 heteroatoms. The number of benzene rings is 4. The number of rotatable bonds is 11. The highest BCUT2D eigenvalue weighted by molar-refractivity contribution is 6.76. The summed E-state index contributed by atoms with van der Waals surface area (Å²) in [5.74, 6) is 0. The maximum absolute atomic E-state index is 12.4. The van der Waals surface area contributed by atoms with Crippen molar-refractivity contribution in [3.63, 3.8) is 0 Å². The fraction of sp³-hybridized carbons (Fsp3) is 0.182. The molecule has 0 saturated heterocycles. The standard InChI is InChI=1S/C25H30N4O2Si.C19H16N4O/c1-32(2,3)12-11-31-18-29-24-14-20(7-8-21(24)15-27-29)22-9-10-25(30)28(17-22)16-19-5-4-6-23(26)13-19;20-17-3-1-2-13(8-17)11-23-12-16(6-7-19(23)24)14-4-5-15-10-21-22-18(15)9-14/h4-10,13-15,17H,11-12,16,18,26H2,1-3H3;1-10,12H,11,20H2,(H,21,22). The van der Waals surface area contributed by atoms with E-state index in [1.165, 1.54) is 0 Å². The Balaban J connectivity index is 0.000000178. The van der Waals surface area contributed by atoms with Gasteiger partial charge in [-0.05, 0) is 88.0 Å². The molecule has 8 aromatic rings. The van der Waals surface area contributed by atoms with E-state index in [1.807, 2.05) is 102 Å². The lowest BCUT2D eigenvalue weighted by atomic mass is 10.1. The number of H-pyrrole nitrogens is 1. The van der Waals surface area contributed by atoms with Crippen molar-refractivity contribution < 1.29 is 4.74 Å². The van der Waals surface area contributed by atoms with Gasteiger partial charge in [-0.2, -0.15) is 10.2 Å². The molecule has 0 fully saturated rings. The number of anilines is 2. The molecule has 0 aliphatic carbocycles. The number of hydrogen-bond acceptors (Lipinski definition) is 7. The number of nitrogen functional groups attached to an aromatic ring is 2. The van der Waals surface area contributed by atoms with E-state index in [0.29, 0.717) is 31.2 Å². The van der Waals surface area contributed by atoms with Gasteiger partial charge in [-0.1, -0.05) is 68.2 Å². The van der Waals surface area contributed by atoms with Crippen LogP contribution in [0.25, 0.3) is 44.1 Å². The third-order valence-corrected chi connectivity index (χ3v) is 11.2. The zero-order valence-corrected chi connectivity index (χ0v) is 32.9. The summed E-state index contributed by atoms with van der Waals surface area (Å²) in [6.07, 6.45) is 7.43. The number of nitrogens with zero attached hydrogens (tertiary/aromatic N) is 5. The average molecular weight is 763 g/mol. The van der Waals surface area contributed by atoms with Gasteiger partial charge < -0.3 is 25.3 Å². The number of nitrogens with one attached hydrogen (secondary N) is 1. The maximum atomic E-state index is 12.4. The topological polar surface area (TPSA) is 152 Å². The lowest BCUT2D eigenvalue weighted by Gasteiger charge is -2.15. The Morgan fingerprint density at radius 1 is 0.661 bits per heavy atom. The quantitative estimate of drug-likeness (QED) is 0.0690. The lowest BCUT2D eigenvalue weighted by molar-refractivity contribution is 0.0817. The predicted molar refractivity (Wildman–Crippen MR) is 229 cm³/mol. The van der Waals surface area contributed by atoms with Crippen LogP contribution in [0.3, 0.4) is 0 Å². The molecule has 0 spiro atoms. The van der Waals surface area contributed by atoms with Crippen LogP contribution in [0.1, 0.15) is 11.1 Å². The van der Waals surface area contributed by atoms with E-state index in [9.17, 15) is 9.59 Å². The number of fused-ring (bicyclic) bond motifs is 2. The Hall–Kier alpha value is -6.50. The molecule has 0 radical (unpaired) electrons. The highest BCUT2D eigenvalue weighted by atomic mass is 28.3. The summed E-state index contributed by atoms with van der Waals surface area (Å²) in [5, 5.41) is 13.6. The van der Waals surface area contributed by atoms with Gasteiger partial charge in [0.15, 0.2) is 0 Å². The molecule has 0 atom stereocenters. The van der Waals surface area contributed by atoms with Crippen LogP contribution in [0.2, 0.25) is 25.7 Å². The van der Waals surface area contributed by atoms with Crippen molar-refractivity contribution in [2.45, 2.75) is 45.5 Å². The van der Waals surface area contributed by atoms with Gasteiger partial charge in [0.1, 0.15) is 6.73 Å². The minimum atomic E-state index is -1.12. The zero-order valence-electron chi connectivity index (χ0n) is 31.9. The second kappa shape index (κ2) is 16.5. The first kappa shape index (κ1) is 37.8. The normalized spacial score (nSPS) is 11.5. The molecular weight excluding hydrogens is 717 g/mol. The fourth-order valence-corrected chi connectivity index (χ4v) is 7.18. The number of ether oxygens (including phenoxy) is 1. The summed E-state index contributed by atoms with van der Waals surface area (Å²) in [6.45, 7) is 9.19. The summed E-state index contributed by atoms with van der Waals surface area (Å²) in [5.41, 5.74) is 21.0. The minimum absolute atomic E-state index is 0.0382. The molecule has 56 heavy (non-hydrogen) atoms. The van der Waals surface area contributed by atoms with Crippen molar-refractivity contribution in [2.75, 3.05) is 18.1 Å². The second-order valence-corrected chi connectivity index (χ2v) is 20.8. The average Bonchev–Trinajstić information content (AvgIpc) is 3.82. The van der Waals surface area contributed by atoms with Crippen molar-refractivity contribution in [1.29, 1.82) is 0 Å². The van der Waals surface area contributed by atoms with Crippen molar-refractivity contribution in [1.82, 2.24) is 29.1 Å². The first-order valence-electron chi connectivity index (χ1n) is 18.5. The third-order valence-electron chi connectivity index (χ3n) is 9.54. The van der Waals surface area contributed by atoms with Crippen molar-refractivity contribution >= 4 is 41.3 Å². The number of nitrogens with two attached hydrogens (primary N) is 2. The summed E-state index contributed by atoms with van der Waals surface area (Å²) in [6, 6.07) is 35.6. The van der Waals surface area contributed by atoms with E-state index in [1.54, 1.807) is 27.5 Å². The molecule has 0 aliphatic rings. The van der Waals surface area contributed by atoms with Gasteiger partial charge in [0.05, 0.1) is 36.5 Å². The Morgan fingerprint density at radius 2 is 1.23 bits per heavy atom. The molecule has 0 unspecified atom stereocenters. The van der Waals surface area contributed by atoms with Crippen LogP contribution in [-0.4, -0.2) is 43.8 Å². The van der Waals surface area contributed by atoms with Gasteiger partial charge in [0.25, 0.3) is 11.1 Å². The Labute approximate surface area is 325 Å². The van der Waals surface area contributed by atoms with Crippen LogP contribution in [0.5, 0.6) is 0 Å². The number of pyridine rings is 2. The van der Waals surface area contributed by atoms with Crippen LogP contribution in [-0.2, 0) is 24.6 Å². The van der Waals surface area contributed by atoms with Crippen LogP contribution < -0.4 is 22.6 Å². The molecule has 0 saturated carbocycles. The number of aromatic nitrogens is 6. The highest BCUT2D eigenvalue weighted by Gasteiger charge is 2.13. The van der Waals surface area contributed by atoms with E-state index < -0.39 is 8.07 Å². The van der Waals surface area contributed by atoms with Crippen molar-refractivity contribution in [3.05, 3.63) is 166 Å². The first-order valence-corrected chi connectivity index (χ1v) is 22.3. The highest BCUT2D eigenvalue weighted by Crippen LogP contribution is 2.25. The Morgan fingerprint density at radius 3 is 1.82 bits per heavy atom. The second-order valence-electron chi connectivity index (χ2n) is 15.2. The van der Waals surface area contributed by atoms with Crippen molar-refractivity contribution in [2.24, 2.45) is 0 Å². The van der Waals surface area contributed by atoms with Gasteiger partial charge in [-0.3, -0.25) is 14.7 Å². The SMILES string of the molecule is C[Si](C)(C)CCOCn1ncc2ccc(-c3ccc(=O)n(Cc4cccc(N)c4)c3)cc21.Nc1cccc(Cn2cc(-c3ccc4cn[nH]c4c3)ccc2=O)c1. The lowest BCUT2D eigenvalue weighted by Crippen LogP contribution is -2.22. The van der Waals surface area contributed by atoms with Crippen LogP contribution in [0.15, 0.2) is 144 Å². The van der Waals surface area contributed by atoms with Gasteiger partial charge in [-0.25, -0.2) is 4.68 Å². The molecular formula is C44H46N8O3Si.